The first kappa shape index (κ1) is 39.7. The van der Waals surface area contributed by atoms with Gasteiger partial charge in [-0.2, -0.15) is 15.1 Å². The molecule has 1 N–H and O–H groups in total. The van der Waals surface area contributed by atoms with E-state index in [2.05, 4.69) is 17.3 Å². The topological polar surface area (TPSA) is 122 Å². The number of hydrogen-bond acceptors (Lipinski definition) is 10. The maximum Gasteiger partial charge on any atom is 0.410 e. The Morgan fingerprint density at radius 2 is 1.85 bits per heavy atom. The van der Waals surface area contributed by atoms with E-state index in [1.165, 1.54) is 0 Å². The molecule has 2 saturated carbocycles. The van der Waals surface area contributed by atoms with Crippen molar-refractivity contribution in [2.24, 2.45) is 5.41 Å². The van der Waals surface area contributed by atoms with Gasteiger partial charge in [-0.1, -0.05) is 18.1 Å². The molecule has 1 unspecified atom stereocenters. The molecule has 10 rings (SSSR count). The minimum atomic E-state index is -0.603. The predicted molar refractivity (Wildman–Crippen MR) is 229 cm³/mol. The predicted octanol–water partition coefficient (Wildman–Crippen LogP) is 9.21. The van der Waals surface area contributed by atoms with Crippen LogP contribution in [0, 0.1) is 30.5 Å². The van der Waals surface area contributed by atoms with Gasteiger partial charge in [0.05, 0.1) is 24.9 Å². The number of benzene rings is 3. The Hall–Kier alpha value is -5.45. The number of aromatic nitrogens is 4. The zero-order valence-corrected chi connectivity index (χ0v) is 35.4. The quantitative estimate of drug-likeness (QED) is 0.136. The molecule has 0 bridgehead atoms. The molecule has 0 radical (unpaired) electrons. The third-order valence-electron chi connectivity index (χ3n) is 12.8. The summed E-state index contributed by atoms with van der Waals surface area (Å²) in [5, 5.41) is 10.1. The monoisotopic (exact) mass is 828 g/mol. The van der Waals surface area contributed by atoms with Crippen LogP contribution in [-0.2, 0) is 20.8 Å². The van der Waals surface area contributed by atoms with E-state index in [1.54, 1.807) is 11.0 Å². The summed E-state index contributed by atoms with van der Waals surface area (Å²) in [4.78, 5) is 25.1. The van der Waals surface area contributed by atoms with Crippen LogP contribution < -0.4 is 14.8 Å². The van der Waals surface area contributed by atoms with Gasteiger partial charge >= 0.3 is 12.1 Å². The second kappa shape index (κ2) is 15.5. The number of amides is 1. The first-order valence-corrected chi connectivity index (χ1v) is 21.8. The lowest BCUT2D eigenvalue weighted by atomic mass is 9.65. The highest BCUT2D eigenvalue weighted by Crippen LogP contribution is 2.54. The number of carbonyl (C=O) groups excluding carboxylic acids is 1. The van der Waals surface area contributed by atoms with Crippen molar-refractivity contribution in [1.29, 1.82) is 0 Å². The van der Waals surface area contributed by atoms with E-state index in [0.717, 1.165) is 96.7 Å². The van der Waals surface area contributed by atoms with Crippen LogP contribution in [0.25, 0.3) is 32.9 Å². The van der Waals surface area contributed by atoms with Gasteiger partial charge in [0.25, 0.3) is 0 Å². The molecule has 2 aliphatic carbocycles. The highest BCUT2D eigenvalue weighted by Gasteiger charge is 2.51. The normalized spacial score (nSPS) is 21.3. The van der Waals surface area contributed by atoms with Crippen molar-refractivity contribution in [1.82, 2.24) is 24.6 Å². The molecule has 1 amide bonds. The van der Waals surface area contributed by atoms with E-state index >= 15 is 4.39 Å². The molecule has 1 spiro atoms. The van der Waals surface area contributed by atoms with E-state index in [0.29, 0.717) is 54.3 Å². The lowest BCUT2D eigenvalue weighted by Crippen LogP contribution is -2.56. The number of hydrogen-bond donors (Lipinski definition) is 1. The van der Waals surface area contributed by atoms with Crippen molar-refractivity contribution in [3.8, 4) is 35.2 Å². The Bertz CT molecular complexity index is 2540. The average molecular weight is 829 g/mol. The van der Waals surface area contributed by atoms with Crippen LogP contribution in [0.2, 0.25) is 0 Å². The van der Waals surface area contributed by atoms with Gasteiger partial charge in [0.15, 0.2) is 12.0 Å². The van der Waals surface area contributed by atoms with Gasteiger partial charge in [-0.15, -0.1) is 6.42 Å². The maximum absolute atomic E-state index is 16.5. The Balaban J connectivity index is 1.14. The van der Waals surface area contributed by atoms with Crippen LogP contribution in [0.1, 0.15) is 107 Å². The number of terminal acetylenes is 1. The van der Waals surface area contributed by atoms with Crippen LogP contribution in [-0.4, -0.2) is 81.4 Å². The number of carbonyl (C=O) groups is 1. The maximum atomic E-state index is 16.5. The van der Waals surface area contributed by atoms with Crippen molar-refractivity contribution < 1.29 is 32.9 Å². The Labute approximate surface area is 355 Å². The van der Waals surface area contributed by atoms with Gasteiger partial charge < -0.3 is 33.9 Å². The lowest BCUT2D eigenvalue weighted by Gasteiger charge is -2.52. The molecule has 3 aliphatic heterocycles. The van der Waals surface area contributed by atoms with Gasteiger partial charge in [0.1, 0.15) is 35.5 Å². The van der Waals surface area contributed by atoms with Crippen molar-refractivity contribution in [3.63, 3.8) is 0 Å². The second-order valence-corrected chi connectivity index (χ2v) is 18.7. The second-order valence-electron chi connectivity index (χ2n) is 18.7. The minimum absolute atomic E-state index is 0.0643. The van der Waals surface area contributed by atoms with E-state index < -0.39 is 5.60 Å². The molecule has 12 nitrogen and oxygen atoms in total. The smallest absolute Gasteiger partial charge is 0.410 e. The largest absolute Gasteiger partial charge is 0.486 e. The highest BCUT2D eigenvalue weighted by atomic mass is 19.1. The van der Waals surface area contributed by atoms with Gasteiger partial charge in [-0.05, 0) is 120 Å². The summed E-state index contributed by atoms with van der Waals surface area (Å²) in [5.74, 6) is 3.69. The fraction of sp³-hybridized carbons (Fsp3) is 0.500. The van der Waals surface area contributed by atoms with Crippen LogP contribution >= 0.6 is 0 Å². The molecule has 5 heterocycles. The van der Waals surface area contributed by atoms with Crippen molar-refractivity contribution in [2.45, 2.75) is 116 Å². The number of nitrogens with zero attached hydrogens (tertiary/aromatic N) is 5. The van der Waals surface area contributed by atoms with Crippen LogP contribution in [0.4, 0.5) is 15.0 Å². The third-order valence-corrected chi connectivity index (χ3v) is 12.8. The average Bonchev–Trinajstić information content (AvgIpc) is 3.81. The minimum Gasteiger partial charge on any atom is -0.486 e. The molecule has 5 aliphatic rings. The number of halogens is 1. The van der Waals surface area contributed by atoms with Crippen molar-refractivity contribution in [2.75, 3.05) is 38.2 Å². The molecule has 13 heteroatoms. The van der Waals surface area contributed by atoms with Gasteiger partial charge in [0, 0.05) is 64.7 Å². The molecule has 2 atom stereocenters. The van der Waals surface area contributed by atoms with Crippen LogP contribution in [0.5, 0.6) is 11.8 Å². The van der Waals surface area contributed by atoms with Crippen molar-refractivity contribution >= 4 is 33.7 Å². The summed E-state index contributed by atoms with van der Waals surface area (Å²) in [6, 6.07) is 11.6. The summed E-state index contributed by atoms with van der Waals surface area (Å²) < 4.78 is 49.4. The Morgan fingerprint density at radius 1 is 1.05 bits per heavy atom. The first-order chi connectivity index (χ1) is 29.4. The van der Waals surface area contributed by atoms with Crippen LogP contribution in [0.15, 0.2) is 42.6 Å². The van der Waals surface area contributed by atoms with E-state index in [1.807, 2.05) is 62.8 Å². The zero-order chi connectivity index (χ0) is 42.0. The van der Waals surface area contributed by atoms with E-state index in [-0.39, 0.29) is 54.2 Å². The Morgan fingerprint density at radius 3 is 2.54 bits per heavy atom. The van der Waals surface area contributed by atoms with Crippen molar-refractivity contribution in [3.05, 3.63) is 70.7 Å². The highest BCUT2D eigenvalue weighted by molar-refractivity contribution is 6.06. The summed E-state index contributed by atoms with van der Waals surface area (Å²) in [7, 11) is 0. The molecule has 2 aromatic heterocycles. The molecule has 3 aromatic carbocycles. The molecule has 318 valence electrons. The number of rotatable bonds is 10. The molecule has 5 fully saturated rings. The lowest BCUT2D eigenvalue weighted by molar-refractivity contribution is -0.192. The summed E-state index contributed by atoms with van der Waals surface area (Å²) in [5.41, 5.74) is 5.53. The summed E-state index contributed by atoms with van der Waals surface area (Å²) in [6.45, 7) is 10.8. The molecular weight excluding hydrogens is 776 g/mol. The number of anilines is 1. The standard InChI is InChI=1S/C48H53FN6O6/c1-6-29-10-12-30(13-11-29)25-59-43-41(40-28(2)37(49)20-38-36(40)23-50-55(38)39-9-7-8-18-58-39)34(31-14-15-31)19-35-42(43)52-45(60-33-21-48(22-33)26-57-27-48)53-44(35)51-32-16-17-54(24-32)46(56)61-47(3,4)5/h1,10-13,19-20,23,31-33,39H,7-9,14-18,21-22,24-27H2,2-5H3,(H,51,52,53)/t32-,39?/m0/s1. The van der Waals surface area contributed by atoms with Gasteiger partial charge in [-0.3, -0.25) is 0 Å². The number of fused-ring (bicyclic) bond motifs is 2. The van der Waals surface area contributed by atoms with Gasteiger partial charge in [-0.25, -0.2) is 13.9 Å². The van der Waals surface area contributed by atoms with Crippen LogP contribution in [0.3, 0.4) is 0 Å². The fourth-order valence-electron chi connectivity index (χ4n) is 9.42. The van der Waals surface area contributed by atoms with E-state index in [4.69, 9.17) is 45.2 Å². The molecule has 3 saturated heterocycles. The summed E-state index contributed by atoms with van der Waals surface area (Å²) in [6.07, 6.45) is 14.1. The third kappa shape index (κ3) is 7.74. The zero-order valence-electron chi connectivity index (χ0n) is 35.4. The Kier molecular flexibility index (Phi) is 10.1. The van der Waals surface area contributed by atoms with Gasteiger partial charge in [0.2, 0.25) is 0 Å². The first-order valence-electron chi connectivity index (χ1n) is 21.8. The fourth-order valence-corrected chi connectivity index (χ4v) is 9.42. The molecule has 5 aromatic rings. The number of likely N-dealkylation sites (tertiary alicyclic amines) is 1. The summed E-state index contributed by atoms with van der Waals surface area (Å²) >= 11 is 0. The molecular formula is C48H53FN6O6. The SMILES string of the molecule is C#Cc1ccc(COc2c(-c3c(C)c(F)cc4c3cnn4C3CCCCO3)c(C3CC3)cc3c(N[C@H]4CCN(C(=O)OC(C)(C)C)C4)nc(OC4CC5(COC5)C4)nc23)cc1. The number of ether oxygens (including phenoxy) is 5. The van der Waals surface area contributed by atoms with E-state index in [9.17, 15) is 4.79 Å². The molecule has 61 heavy (non-hydrogen) atoms. The number of nitrogens with one attached hydrogen (secondary N) is 1.